The van der Waals surface area contributed by atoms with Crippen LogP contribution in [0.25, 0.3) is 10.9 Å². The lowest BCUT2D eigenvalue weighted by Gasteiger charge is -2.55. The van der Waals surface area contributed by atoms with Gasteiger partial charge in [0.2, 0.25) is 0 Å². The molecule has 0 radical (unpaired) electrons. The molecular weight excluding hydrogens is 520 g/mol. The van der Waals surface area contributed by atoms with Crippen molar-refractivity contribution < 1.29 is 28.5 Å². The number of esters is 2. The van der Waals surface area contributed by atoms with Crippen molar-refractivity contribution in [1.82, 2.24) is 9.88 Å². The Labute approximate surface area is 240 Å². The van der Waals surface area contributed by atoms with Gasteiger partial charge in [-0.2, -0.15) is 0 Å². The molecule has 8 heteroatoms. The van der Waals surface area contributed by atoms with E-state index in [0.29, 0.717) is 12.8 Å². The predicted molar refractivity (Wildman–Crippen MR) is 154 cm³/mol. The predicted octanol–water partition coefficient (Wildman–Crippen LogP) is 4.98. The first-order valence-corrected chi connectivity index (χ1v) is 14.5. The number of rotatable bonds is 8. The molecule has 1 aromatic heterocycles. The number of benzene rings is 2. The highest BCUT2D eigenvalue weighted by atomic mass is 16.6. The van der Waals surface area contributed by atoms with Gasteiger partial charge in [-0.15, -0.1) is 0 Å². The zero-order chi connectivity index (χ0) is 28.6. The number of carbonyl (C=O) groups excluding carboxylic acids is 2. The molecule has 2 aromatic carbocycles. The van der Waals surface area contributed by atoms with Gasteiger partial charge in [0.1, 0.15) is 12.4 Å². The van der Waals surface area contributed by atoms with Crippen LogP contribution in [0.5, 0.6) is 5.75 Å². The molecule has 8 nitrogen and oxygen atoms in total. The first-order chi connectivity index (χ1) is 20.0. The van der Waals surface area contributed by atoms with E-state index < -0.39 is 23.5 Å². The van der Waals surface area contributed by atoms with E-state index in [1.807, 2.05) is 42.5 Å². The fourth-order valence-corrected chi connectivity index (χ4v) is 7.70. The number of aromatic amines is 1. The highest BCUT2D eigenvalue weighted by molar-refractivity contribution is 6.01. The summed E-state index contributed by atoms with van der Waals surface area (Å²) >= 11 is 0. The molecule has 0 bridgehead atoms. The number of hydrogen-bond acceptors (Lipinski definition) is 7. The van der Waals surface area contributed by atoms with Crippen LogP contribution in [0.2, 0.25) is 0 Å². The van der Waals surface area contributed by atoms with Crippen LogP contribution in [-0.2, 0) is 36.8 Å². The molecule has 216 valence electrons. The third-order valence-corrected chi connectivity index (χ3v) is 9.46. The largest absolute Gasteiger partial charge is 0.496 e. The number of piperidine rings is 1. The molecule has 3 aliphatic rings. The molecule has 6 rings (SSSR count). The van der Waals surface area contributed by atoms with Gasteiger partial charge < -0.3 is 23.9 Å². The SMILES string of the molecule is C=CCOC(=O)C1(C(=O)OC)C(OCc2ccccc2)CCC2CN3CCc4c([nH]c5cccc(OC)c45)C3CC21. The number of hydrogen-bond donors (Lipinski definition) is 1. The topological polar surface area (TPSA) is 90.1 Å². The summed E-state index contributed by atoms with van der Waals surface area (Å²) in [5.41, 5.74) is 2.83. The summed E-state index contributed by atoms with van der Waals surface area (Å²) in [6.45, 7) is 5.72. The Bertz CT molecular complexity index is 1430. The van der Waals surface area contributed by atoms with Crippen molar-refractivity contribution in [3.63, 3.8) is 0 Å². The van der Waals surface area contributed by atoms with Gasteiger partial charge in [-0.3, -0.25) is 14.5 Å². The summed E-state index contributed by atoms with van der Waals surface area (Å²) in [7, 11) is 3.05. The van der Waals surface area contributed by atoms with Crippen molar-refractivity contribution in [1.29, 1.82) is 0 Å². The maximum Gasteiger partial charge on any atom is 0.326 e. The van der Waals surface area contributed by atoms with Gasteiger partial charge in [0.15, 0.2) is 5.41 Å². The Kier molecular flexibility index (Phi) is 7.62. The van der Waals surface area contributed by atoms with Crippen molar-refractivity contribution in [3.05, 3.63) is 78.0 Å². The van der Waals surface area contributed by atoms with Crippen LogP contribution in [-0.4, -0.2) is 61.8 Å². The molecule has 1 saturated heterocycles. The summed E-state index contributed by atoms with van der Waals surface area (Å²) in [6, 6.07) is 15.9. The van der Waals surface area contributed by atoms with Crippen LogP contribution in [0, 0.1) is 17.3 Å². The Morgan fingerprint density at radius 3 is 2.68 bits per heavy atom. The Balaban J connectivity index is 1.41. The zero-order valence-electron chi connectivity index (χ0n) is 23.8. The first-order valence-electron chi connectivity index (χ1n) is 14.5. The van der Waals surface area contributed by atoms with Crippen molar-refractivity contribution in [2.75, 3.05) is 33.9 Å². The van der Waals surface area contributed by atoms with E-state index in [1.54, 1.807) is 7.11 Å². The average Bonchev–Trinajstić information content (AvgIpc) is 3.41. The fraction of sp³-hybridized carbons (Fsp3) is 0.455. The van der Waals surface area contributed by atoms with E-state index in [2.05, 4.69) is 22.5 Å². The molecule has 0 spiro atoms. The molecule has 1 saturated carbocycles. The van der Waals surface area contributed by atoms with Gasteiger partial charge in [0.05, 0.1) is 33.0 Å². The Hall–Kier alpha value is -3.62. The van der Waals surface area contributed by atoms with E-state index >= 15 is 0 Å². The molecule has 3 heterocycles. The van der Waals surface area contributed by atoms with Gasteiger partial charge in [-0.05, 0) is 60.8 Å². The van der Waals surface area contributed by atoms with Gasteiger partial charge in [0, 0.05) is 29.7 Å². The van der Waals surface area contributed by atoms with Crippen LogP contribution in [0.15, 0.2) is 61.2 Å². The van der Waals surface area contributed by atoms with E-state index in [1.165, 1.54) is 18.7 Å². The smallest absolute Gasteiger partial charge is 0.326 e. The van der Waals surface area contributed by atoms with Gasteiger partial charge in [-0.25, -0.2) is 0 Å². The number of methoxy groups -OCH3 is 2. The van der Waals surface area contributed by atoms with Crippen molar-refractivity contribution in [2.45, 2.75) is 44.4 Å². The van der Waals surface area contributed by atoms with Crippen LogP contribution >= 0.6 is 0 Å². The minimum absolute atomic E-state index is 0.0150. The van der Waals surface area contributed by atoms with Crippen molar-refractivity contribution in [3.8, 4) is 5.75 Å². The standard InChI is InChI=1S/C33H38N2O6/c1-4-17-40-32(37)33(31(36)39-3)24-18-26-30-23(29-25(34-30)11-8-12-27(29)38-2)15-16-35(26)19-22(24)13-14-28(33)41-20-21-9-6-5-7-10-21/h4-12,22,24,26,28,34H,1,13-20H2,2-3H3. The number of nitrogens with one attached hydrogen (secondary N) is 1. The van der Waals surface area contributed by atoms with E-state index in [4.69, 9.17) is 18.9 Å². The molecular formula is C33H38N2O6. The molecule has 2 aliphatic heterocycles. The molecule has 5 unspecified atom stereocenters. The first kappa shape index (κ1) is 27.5. The second kappa shape index (κ2) is 11.3. The third-order valence-electron chi connectivity index (χ3n) is 9.46. The molecule has 0 amide bonds. The molecule has 2 fully saturated rings. The summed E-state index contributed by atoms with van der Waals surface area (Å²) < 4.78 is 23.3. The van der Waals surface area contributed by atoms with Gasteiger partial charge in [-0.1, -0.05) is 49.1 Å². The summed E-state index contributed by atoms with van der Waals surface area (Å²) in [6.07, 6.45) is 3.79. The van der Waals surface area contributed by atoms with Crippen molar-refractivity contribution >= 4 is 22.8 Å². The number of aromatic nitrogens is 1. The van der Waals surface area contributed by atoms with Gasteiger partial charge in [0.25, 0.3) is 0 Å². The summed E-state index contributed by atoms with van der Waals surface area (Å²) in [5, 5.41) is 1.11. The van der Waals surface area contributed by atoms with Crippen LogP contribution < -0.4 is 4.74 Å². The zero-order valence-corrected chi connectivity index (χ0v) is 23.8. The maximum atomic E-state index is 14.1. The summed E-state index contributed by atoms with van der Waals surface area (Å²) in [5.74, 6) is -0.506. The fourth-order valence-electron chi connectivity index (χ4n) is 7.70. The Morgan fingerprint density at radius 2 is 1.93 bits per heavy atom. The van der Waals surface area contributed by atoms with E-state index in [-0.39, 0.29) is 31.1 Å². The monoisotopic (exact) mass is 558 g/mol. The lowest BCUT2D eigenvalue weighted by atomic mass is 9.56. The maximum absolute atomic E-state index is 14.1. The summed E-state index contributed by atoms with van der Waals surface area (Å²) in [4.78, 5) is 34.2. The lowest BCUT2D eigenvalue weighted by Crippen LogP contribution is -2.64. The number of fused-ring (bicyclic) bond motifs is 6. The second-order valence-corrected chi connectivity index (χ2v) is 11.4. The lowest BCUT2D eigenvalue weighted by molar-refractivity contribution is -0.207. The number of nitrogens with zero attached hydrogens (tertiary/aromatic N) is 1. The molecule has 41 heavy (non-hydrogen) atoms. The molecule has 1 aliphatic carbocycles. The van der Waals surface area contributed by atoms with E-state index in [9.17, 15) is 9.59 Å². The van der Waals surface area contributed by atoms with Crippen LogP contribution in [0.1, 0.15) is 42.1 Å². The molecule has 3 aromatic rings. The quantitative estimate of drug-likeness (QED) is 0.237. The normalized spacial score (nSPS) is 27.3. The van der Waals surface area contributed by atoms with Crippen LogP contribution in [0.3, 0.4) is 0 Å². The van der Waals surface area contributed by atoms with Crippen LogP contribution in [0.4, 0.5) is 0 Å². The third kappa shape index (κ3) is 4.53. The van der Waals surface area contributed by atoms with Gasteiger partial charge >= 0.3 is 11.9 Å². The van der Waals surface area contributed by atoms with Crippen molar-refractivity contribution in [2.24, 2.45) is 17.3 Å². The number of ether oxygens (including phenoxy) is 4. The Morgan fingerprint density at radius 1 is 1.10 bits per heavy atom. The molecule has 5 atom stereocenters. The number of carbonyl (C=O) groups is 2. The number of H-pyrrole nitrogens is 1. The minimum atomic E-state index is -1.58. The second-order valence-electron chi connectivity index (χ2n) is 11.4. The highest BCUT2D eigenvalue weighted by Gasteiger charge is 2.66. The molecule has 1 N–H and O–H groups in total. The highest BCUT2D eigenvalue weighted by Crippen LogP contribution is 2.56. The average molecular weight is 559 g/mol. The minimum Gasteiger partial charge on any atom is -0.496 e. The van der Waals surface area contributed by atoms with E-state index in [0.717, 1.165) is 53.8 Å².